The average molecular weight is 368 g/mol. The number of nitriles is 1. The molecular weight excluding hydrogens is 348 g/mol. The van der Waals surface area contributed by atoms with Gasteiger partial charge >= 0.3 is 5.97 Å². The molecule has 0 aliphatic carbocycles. The molecule has 0 aromatic heterocycles. The van der Waals surface area contributed by atoms with Crippen molar-refractivity contribution in [1.82, 2.24) is 0 Å². The summed E-state index contributed by atoms with van der Waals surface area (Å²) in [6.07, 6.45) is 0. The summed E-state index contributed by atoms with van der Waals surface area (Å²) in [5, 5.41) is 11.6. The van der Waals surface area contributed by atoms with Crippen LogP contribution in [0.3, 0.4) is 0 Å². The van der Waals surface area contributed by atoms with Gasteiger partial charge in [-0.1, -0.05) is 0 Å². The van der Waals surface area contributed by atoms with E-state index in [0.717, 1.165) is 0 Å². The number of nitrogens with zero attached hydrogens (tertiary/aromatic N) is 1. The van der Waals surface area contributed by atoms with Crippen molar-refractivity contribution in [3.63, 3.8) is 0 Å². The van der Waals surface area contributed by atoms with Crippen LogP contribution in [-0.4, -0.2) is 31.7 Å². The topological polar surface area (TPSA) is 97.6 Å². The number of hydrogen-bond acceptors (Lipinski definition) is 6. The maximum atomic E-state index is 12.1. The van der Waals surface area contributed by atoms with E-state index in [2.05, 4.69) is 5.32 Å². The number of nitrogens with one attached hydrogen (secondary N) is 1. The maximum absolute atomic E-state index is 12.1. The van der Waals surface area contributed by atoms with E-state index in [9.17, 15) is 9.59 Å². The molecule has 0 atom stereocenters. The third kappa shape index (κ3) is 5.75. The summed E-state index contributed by atoms with van der Waals surface area (Å²) in [5.41, 5.74) is 1.38. The maximum Gasteiger partial charge on any atom is 0.338 e. The summed E-state index contributed by atoms with van der Waals surface area (Å²) in [5.74, 6) is 0.000436. The van der Waals surface area contributed by atoms with Crippen molar-refractivity contribution >= 4 is 17.6 Å². The summed E-state index contributed by atoms with van der Waals surface area (Å²) >= 11 is 0. The van der Waals surface area contributed by atoms with E-state index in [1.165, 1.54) is 0 Å². The van der Waals surface area contributed by atoms with Crippen LogP contribution in [0.1, 0.15) is 29.8 Å². The Bertz CT molecular complexity index is 840. The number of ether oxygens (including phenoxy) is 3. The normalized spacial score (nSPS) is 9.81. The van der Waals surface area contributed by atoms with Gasteiger partial charge in [0.1, 0.15) is 0 Å². The zero-order valence-electron chi connectivity index (χ0n) is 15.2. The minimum atomic E-state index is -0.414. The lowest BCUT2D eigenvalue weighted by molar-refractivity contribution is -0.118. The second kappa shape index (κ2) is 9.82. The molecule has 0 heterocycles. The second-order valence-corrected chi connectivity index (χ2v) is 5.34. The molecule has 7 nitrogen and oxygen atoms in total. The van der Waals surface area contributed by atoms with Crippen molar-refractivity contribution in [2.24, 2.45) is 0 Å². The van der Waals surface area contributed by atoms with Crippen molar-refractivity contribution in [2.75, 3.05) is 25.1 Å². The zero-order valence-corrected chi connectivity index (χ0v) is 15.2. The second-order valence-electron chi connectivity index (χ2n) is 5.34. The molecule has 2 aromatic rings. The highest BCUT2D eigenvalue weighted by Gasteiger charge is 2.10. The molecule has 1 amide bonds. The molecule has 0 fully saturated rings. The third-order valence-corrected chi connectivity index (χ3v) is 3.41. The fourth-order valence-electron chi connectivity index (χ4n) is 2.21. The Kier molecular flexibility index (Phi) is 7.20. The minimum absolute atomic E-state index is 0.231. The van der Waals surface area contributed by atoms with Crippen LogP contribution in [0.5, 0.6) is 11.5 Å². The van der Waals surface area contributed by atoms with E-state index in [1.807, 2.05) is 13.0 Å². The first kappa shape index (κ1) is 19.8. The van der Waals surface area contributed by atoms with Gasteiger partial charge in [0.15, 0.2) is 18.1 Å². The molecule has 0 aliphatic heterocycles. The number of rotatable bonds is 8. The Morgan fingerprint density at radius 1 is 1.00 bits per heavy atom. The van der Waals surface area contributed by atoms with Gasteiger partial charge in [-0.05, 0) is 50.2 Å². The number of hydrogen-bond donors (Lipinski definition) is 1. The van der Waals surface area contributed by atoms with E-state index in [4.69, 9.17) is 19.5 Å². The summed E-state index contributed by atoms with van der Waals surface area (Å²) < 4.78 is 15.8. The standard InChI is InChI=1S/C20H20N2O5/c1-3-25-18-11-14(12-21)5-10-17(18)27-13-19(23)22-16-8-6-15(7-9-16)20(24)26-4-2/h5-11H,3-4,13H2,1-2H3,(H,22,23). The first-order chi connectivity index (χ1) is 13.1. The van der Waals surface area contributed by atoms with Crippen molar-refractivity contribution in [2.45, 2.75) is 13.8 Å². The van der Waals surface area contributed by atoms with Crippen LogP contribution < -0.4 is 14.8 Å². The van der Waals surface area contributed by atoms with Crippen molar-refractivity contribution < 1.29 is 23.8 Å². The highest BCUT2D eigenvalue weighted by molar-refractivity contribution is 5.93. The van der Waals surface area contributed by atoms with Gasteiger partial charge in [0.25, 0.3) is 5.91 Å². The molecule has 0 unspecified atom stereocenters. The Labute approximate surface area is 157 Å². The van der Waals surface area contributed by atoms with E-state index in [0.29, 0.717) is 41.5 Å². The van der Waals surface area contributed by atoms with Gasteiger partial charge in [-0.15, -0.1) is 0 Å². The van der Waals surface area contributed by atoms with Gasteiger partial charge < -0.3 is 19.5 Å². The molecule has 27 heavy (non-hydrogen) atoms. The van der Waals surface area contributed by atoms with Crippen molar-refractivity contribution in [3.05, 3.63) is 53.6 Å². The summed E-state index contributed by atoms with van der Waals surface area (Å²) in [6, 6.07) is 13.1. The first-order valence-electron chi connectivity index (χ1n) is 8.44. The highest BCUT2D eigenvalue weighted by Crippen LogP contribution is 2.28. The SMILES string of the molecule is CCOC(=O)c1ccc(NC(=O)COc2ccc(C#N)cc2OCC)cc1. The monoisotopic (exact) mass is 368 g/mol. The highest BCUT2D eigenvalue weighted by atomic mass is 16.5. The largest absolute Gasteiger partial charge is 0.490 e. The summed E-state index contributed by atoms with van der Waals surface area (Å²) in [6.45, 7) is 4.02. The van der Waals surface area contributed by atoms with Gasteiger partial charge in [-0.3, -0.25) is 4.79 Å². The number of esters is 1. The predicted molar refractivity (Wildman–Crippen MR) is 98.8 cm³/mol. The number of anilines is 1. The fraction of sp³-hybridized carbons (Fsp3) is 0.250. The molecule has 2 rings (SSSR count). The molecule has 0 bridgehead atoms. The fourth-order valence-corrected chi connectivity index (χ4v) is 2.21. The van der Waals surface area contributed by atoms with Crippen LogP contribution in [0.15, 0.2) is 42.5 Å². The Hall–Kier alpha value is -3.53. The van der Waals surface area contributed by atoms with E-state index >= 15 is 0 Å². The number of amides is 1. The summed E-state index contributed by atoms with van der Waals surface area (Å²) in [7, 11) is 0. The lowest BCUT2D eigenvalue weighted by Gasteiger charge is -2.12. The minimum Gasteiger partial charge on any atom is -0.490 e. The van der Waals surface area contributed by atoms with Crippen LogP contribution in [-0.2, 0) is 9.53 Å². The lowest BCUT2D eigenvalue weighted by Crippen LogP contribution is -2.20. The average Bonchev–Trinajstić information content (AvgIpc) is 2.68. The zero-order chi connectivity index (χ0) is 19.6. The predicted octanol–water partition coefficient (Wildman–Crippen LogP) is 3.15. The van der Waals surface area contributed by atoms with E-state index < -0.39 is 5.97 Å². The molecule has 0 spiro atoms. The first-order valence-corrected chi connectivity index (χ1v) is 8.44. The quantitative estimate of drug-likeness (QED) is 0.719. The summed E-state index contributed by atoms with van der Waals surface area (Å²) in [4.78, 5) is 23.7. The van der Waals surface area contributed by atoms with Crippen LogP contribution in [0.25, 0.3) is 0 Å². The lowest BCUT2D eigenvalue weighted by atomic mass is 10.2. The van der Waals surface area contributed by atoms with Gasteiger partial charge in [0.05, 0.1) is 30.4 Å². The molecule has 0 radical (unpaired) electrons. The van der Waals surface area contributed by atoms with Crippen molar-refractivity contribution in [1.29, 1.82) is 5.26 Å². The molecule has 1 N–H and O–H groups in total. The van der Waals surface area contributed by atoms with Gasteiger partial charge in [-0.2, -0.15) is 5.26 Å². The molecular formula is C20H20N2O5. The smallest absolute Gasteiger partial charge is 0.338 e. The third-order valence-electron chi connectivity index (χ3n) is 3.41. The molecule has 140 valence electrons. The van der Waals surface area contributed by atoms with Crippen LogP contribution >= 0.6 is 0 Å². The molecule has 2 aromatic carbocycles. The van der Waals surface area contributed by atoms with Crippen LogP contribution in [0, 0.1) is 11.3 Å². The molecule has 0 saturated heterocycles. The van der Waals surface area contributed by atoms with Gasteiger partial charge in [-0.25, -0.2) is 4.79 Å². The number of benzene rings is 2. The number of carbonyl (C=O) groups is 2. The van der Waals surface area contributed by atoms with Crippen molar-refractivity contribution in [3.8, 4) is 17.6 Å². The molecule has 0 saturated carbocycles. The van der Waals surface area contributed by atoms with E-state index in [1.54, 1.807) is 49.4 Å². The Morgan fingerprint density at radius 3 is 2.37 bits per heavy atom. The Balaban J connectivity index is 1.95. The Morgan fingerprint density at radius 2 is 1.74 bits per heavy atom. The van der Waals surface area contributed by atoms with Crippen LogP contribution in [0.4, 0.5) is 5.69 Å². The molecule has 7 heteroatoms. The number of carbonyl (C=O) groups excluding carboxylic acids is 2. The van der Waals surface area contributed by atoms with Gasteiger partial charge in [0.2, 0.25) is 0 Å². The van der Waals surface area contributed by atoms with Crippen LogP contribution in [0.2, 0.25) is 0 Å². The molecule has 0 aliphatic rings. The van der Waals surface area contributed by atoms with Gasteiger partial charge in [0, 0.05) is 11.8 Å². The van der Waals surface area contributed by atoms with E-state index in [-0.39, 0.29) is 12.5 Å².